The first-order valence-corrected chi connectivity index (χ1v) is 3.73. The predicted octanol–water partition coefficient (Wildman–Crippen LogP) is 1.39. The Bertz CT molecular complexity index is 280. The standard InChI is InChI=1S/C8H11NO3/c1-2-5(9)6-3-4-7(12-6)8(10)11/h3-5H,2,9H2,1H3,(H,10,11)/t5-/m0/s1. The third-order valence-corrected chi connectivity index (χ3v) is 1.64. The van der Waals surface area contributed by atoms with Crippen LogP contribution in [0.15, 0.2) is 16.5 Å². The van der Waals surface area contributed by atoms with Gasteiger partial charge in [0.25, 0.3) is 0 Å². The van der Waals surface area contributed by atoms with E-state index in [0.29, 0.717) is 5.76 Å². The van der Waals surface area contributed by atoms with E-state index in [0.717, 1.165) is 6.42 Å². The molecular weight excluding hydrogens is 158 g/mol. The number of hydrogen-bond acceptors (Lipinski definition) is 3. The molecule has 0 spiro atoms. The van der Waals surface area contributed by atoms with Gasteiger partial charge < -0.3 is 15.3 Å². The van der Waals surface area contributed by atoms with Crippen LogP contribution < -0.4 is 5.73 Å². The van der Waals surface area contributed by atoms with Gasteiger partial charge in [-0.25, -0.2) is 4.79 Å². The largest absolute Gasteiger partial charge is 0.475 e. The van der Waals surface area contributed by atoms with E-state index >= 15 is 0 Å². The van der Waals surface area contributed by atoms with E-state index in [1.165, 1.54) is 6.07 Å². The molecule has 0 radical (unpaired) electrons. The molecule has 1 aromatic rings. The zero-order valence-electron chi connectivity index (χ0n) is 6.78. The summed E-state index contributed by atoms with van der Waals surface area (Å²) in [6.45, 7) is 1.91. The van der Waals surface area contributed by atoms with E-state index in [2.05, 4.69) is 0 Å². The molecule has 1 atom stereocenters. The first-order valence-electron chi connectivity index (χ1n) is 3.73. The van der Waals surface area contributed by atoms with Crippen LogP contribution in [0.1, 0.15) is 35.7 Å². The average molecular weight is 169 g/mol. The number of furan rings is 1. The van der Waals surface area contributed by atoms with Gasteiger partial charge in [0, 0.05) is 0 Å². The van der Waals surface area contributed by atoms with Crippen LogP contribution in [0.25, 0.3) is 0 Å². The molecule has 12 heavy (non-hydrogen) atoms. The topological polar surface area (TPSA) is 76.5 Å². The van der Waals surface area contributed by atoms with Crippen LogP contribution in [0.2, 0.25) is 0 Å². The summed E-state index contributed by atoms with van der Waals surface area (Å²) in [5.41, 5.74) is 5.62. The molecule has 4 heteroatoms. The van der Waals surface area contributed by atoms with Gasteiger partial charge in [-0.15, -0.1) is 0 Å². The number of nitrogens with two attached hydrogens (primary N) is 1. The molecule has 0 bridgehead atoms. The number of hydrogen-bond donors (Lipinski definition) is 2. The molecule has 0 aromatic carbocycles. The van der Waals surface area contributed by atoms with Crippen LogP contribution in [-0.4, -0.2) is 11.1 Å². The number of carboxylic acids is 1. The number of carbonyl (C=O) groups is 1. The summed E-state index contributed by atoms with van der Waals surface area (Å²) in [5.74, 6) is -0.603. The lowest BCUT2D eigenvalue weighted by molar-refractivity contribution is 0.0659. The van der Waals surface area contributed by atoms with E-state index < -0.39 is 5.97 Å². The summed E-state index contributed by atoms with van der Waals surface area (Å²) in [4.78, 5) is 10.4. The van der Waals surface area contributed by atoms with E-state index in [-0.39, 0.29) is 11.8 Å². The van der Waals surface area contributed by atoms with Crippen LogP contribution in [0.3, 0.4) is 0 Å². The summed E-state index contributed by atoms with van der Waals surface area (Å²) in [6, 6.07) is 2.79. The number of carboxylic acid groups (broad SMARTS) is 1. The average Bonchev–Trinajstić information content (AvgIpc) is 2.51. The second kappa shape index (κ2) is 3.40. The Kier molecular flexibility index (Phi) is 2.50. The molecule has 0 unspecified atom stereocenters. The summed E-state index contributed by atoms with van der Waals surface area (Å²) in [5, 5.41) is 8.52. The van der Waals surface area contributed by atoms with E-state index in [9.17, 15) is 4.79 Å². The van der Waals surface area contributed by atoms with Gasteiger partial charge in [0.05, 0.1) is 6.04 Å². The lowest BCUT2D eigenvalue weighted by Gasteiger charge is -2.02. The summed E-state index contributed by atoms with van der Waals surface area (Å²) in [6.07, 6.45) is 0.729. The maximum Gasteiger partial charge on any atom is 0.371 e. The molecule has 3 N–H and O–H groups in total. The lowest BCUT2D eigenvalue weighted by atomic mass is 10.2. The minimum absolute atomic E-state index is 0.0612. The third kappa shape index (κ3) is 1.65. The molecule has 0 aliphatic heterocycles. The van der Waals surface area contributed by atoms with Crippen molar-refractivity contribution in [3.8, 4) is 0 Å². The number of rotatable bonds is 3. The monoisotopic (exact) mass is 169 g/mol. The van der Waals surface area contributed by atoms with E-state index in [1.54, 1.807) is 6.07 Å². The Morgan fingerprint density at radius 1 is 1.75 bits per heavy atom. The maximum absolute atomic E-state index is 10.4. The minimum atomic E-state index is -1.07. The Morgan fingerprint density at radius 3 is 2.83 bits per heavy atom. The molecule has 1 rings (SSSR count). The quantitative estimate of drug-likeness (QED) is 0.716. The van der Waals surface area contributed by atoms with Gasteiger partial charge in [-0.1, -0.05) is 6.92 Å². The second-order valence-electron chi connectivity index (χ2n) is 2.52. The molecule has 0 saturated heterocycles. The van der Waals surface area contributed by atoms with Crippen molar-refractivity contribution in [3.05, 3.63) is 23.7 Å². The smallest absolute Gasteiger partial charge is 0.371 e. The summed E-state index contributed by atoms with van der Waals surface area (Å²) in [7, 11) is 0. The normalized spacial score (nSPS) is 12.8. The predicted molar refractivity (Wildman–Crippen MR) is 42.9 cm³/mol. The van der Waals surface area contributed by atoms with Crippen LogP contribution in [0.5, 0.6) is 0 Å². The fraction of sp³-hybridized carbons (Fsp3) is 0.375. The van der Waals surface area contributed by atoms with Crippen molar-refractivity contribution in [1.82, 2.24) is 0 Å². The van der Waals surface area contributed by atoms with Gasteiger partial charge in [0.15, 0.2) is 0 Å². The van der Waals surface area contributed by atoms with E-state index in [1.807, 2.05) is 6.92 Å². The minimum Gasteiger partial charge on any atom is -0.475 e. The molecule has 66 valence electrons. The van der Waals surface area contributed by atoms with Crippen molar-refractivity contribution in [2.75, 3.05) is 0 Å². The molecule has 1 heterocycles. The number of aromatic carboxylic acids is 1. The SMILES string of the molecule is CC[C@H](N)c1ccc(C(=O)O)o1. The van der Waals surface area contributed by atoms with Gasteiger partial charge in [-0.05, 0) is 18.6 Å². The molecule has 0 amide bonds. The lowest BCUT2D eigenvalue weighted by Crippen LogP contribution is -2.07. The first kappa shape index (κ1) is 8.80. The van der Waals surface area contributed by atoms with Crippen LogP contribution in [0, 0.1) is 0 Å². The van der Waals surface area contributed by atoms with Crippen molar-refractivity contribution in [3.63, 3.8) is 0 Å². The van der Waals surface area contributed by atoms with Crippen molar-refractivity contribution < 1.29 is 14.3 Å². The van der Waals surface area contributed by atoms with Crippen molar-refractivity contribution >= 4 is 5.97 Å². The molecule has 4 nitrogen and oxygen atoms in total. The highest BCUT2D eigenvalue weighted by molar-refractivity contribution is 5.84. The Hall–Kier alpha value is -1.29. The first-order chi connectivity index (χ1) is 5.65. The van der Waals surface area contributed by atoms with Gasteiger partial charge >= 0.3 is 5.97 Å². The fourth-order valence-corrected chi connectivity index (χ4v) is 0.868. The molecular formula is C8H11NO3. The van der Waals surface area contributed by atoms with Crippen LogP contribution in [0.4, 0.5) is 0 Å². The highest BCUT2D eigenvalue weighted by Crippen LogP contribution is 2.16. The summed E-state index contributed by atoms with van der Waals surface area (Å²) >= 11 is 0. The molecule has 0 aliphatic rings. The van der Waals surface area contributed by atoms with Crippen molar-refractivity contribution in [2.45, 2.75) is 19.4 Å². The molecule has 1 aromatic heterocycles. The highest BCUT2D eigenvalue weighted by Gasteiger charge is 2.12. The Labute approximate surface area is 70.0 Å². The van der Waals surface area contributed by atoms with Gasteiger partial charge in [-0.3, -0.25) is 0 Å². The van der Waals surface area contributed by atoms with Crippen molar-refractivity contribution in [2.24, 2.45) is 5.73 Å². The van der Waals surface area contributed by atoms with Gasteiger partial charge in [-0.2, -0.15) is 0 Å². The molecule has 0 aliphatic carbocycles. The van der Waals surface area contributed by atoms with Crippen LogP contribution >= 0.6 is 0 Å². The molecule has 0 fully saturated rings. The summed E-state index contributed by atoms with van der Waals surface area (Å²) < 4.78 is 4.97. The Balaban J connectivity index is 2.84. The highest BCUT2D eigenvalue weighted by atomic mass is 16.4. The van der Waals surface area contributed by atoms with E-state index in [4.69, 9.17) is 15.3 Å². The maximum atomic E-state index is 10.4. The third-order valence-electron chi connectivity index (χ3n) is 1.64. The zero-order valence-corrected chi connectivity index (χ0v) is 6.78. The van der Waals surface area contributed by atoms with Crippen LogP contribution in [-0.2, 0) is 0 Å². The van der Waals surface area contributed by atoms with Gasteiger partial charge in [0.1, 0.15) is 5.76 Å². The molecule has 0 saturated carbocycles. The van der Waals surface area contributed by atoms with Crippen molar-refractivity contribution in [1.29, 1.82) is 0 Å². The zero-order chi connectivity index (χ0) is 9.14. The Morgan fingerprint density at radius 2 is 2.42 bits per heavy atom. The fourth-order valence-electron chi connectivity index (χ4n) is 0.868. The van der Waals surface area contributed by atoms with Gasteiger partial charge in [0.2, 0.25) is 5.76 Å². The second-order valence-corrected chi connectivity index (χ2v) is 2.52.